The maximum Gasteiger partial charge on any atom is 0.213 e. The molecule has 1 heterocycles. The van der Waals surface area contributed by atoms with E-state index in [-0.39, 0.29) is 5.78 Å². The molecule has 0 spiro atoms. The largest absolute Gasteiger partial charge is 0.497 e. The summed E-state index contributed by atoms with van der Waals surface area (Å²) >= 11 is 0. The Hall–Kier alpha value is -3.86. The van der Waals surface area contributed by atoms with E-state index in [4.69, 9.17) is 9.47 Å². The fraction of sp³-hybridized carbons (Fsp3) is 0.120. The third kappa shape index (κ3) is 3.82. The van der Waals surface area contributed by atoms with Gasteiger partial charge < -0.3 is 9.47 Å². The van der Waals surface area contributed by atoms with Crippen LogP contribution in [0, 0.1) is 6.92 Å². The highest BCUT2D eigenvalue weighted by Crippen LogP contribution is 2.27. The Morgan fingerprint density at radius 2 is 1.37 bits per heavy atom. The van der Waals surface area contributed by atoms with E-state index in [2.05, 4.69) is 5.10 Å². The molecule has 5 nitrogen and oxygen atoms in total. The van der Waals surface area contributed by atoms with E-state index in [0.717, 1.165) is 34.0 Å². The summed E-state index contributed by atoms with van der Waals surface area (Å²) in [4.78, 5) is 13.1. The van der Waals surface area contributed by atoms with Gasteiger partial charge in [-0.05, 0) is 61.5 Å². The van der Waals surface area contributed by atoms with Crippen molar-refractivity contribution in [2.45, 2.75) is 6.92 Å². The summed E-state index contributed by atoms with van der Waals surface area (Å²) in [7, 11) is 3.26. The number of benzene rings is 3. The molecule has 0 saturated heterocycles. The minimum atomic E-state index is -0.114. The lowest BCUT2D eigenvalue weighted by atomic mass is 10.1. The summed E-state index contributed by atoms with van der Waals surface area (Å²) in [5, 5.41) is 4.65. The second-order valence-electron chi connectivity index (χ2n) is 6.95. The number of hydrogen-bond donors (Lipinski definition) is 0. The Balaban J connectivity index is 1.81. The minimum Gasteiger partial charge on any atom is -0.497 e. The molecule has 0 aliphatic heterocycles. The molecule has 0 amide bonds. The molecule has 4 rings (SSSR count). The molecule has 4 aromatic rings. The number of ketones is 1. The summed E-state index contributed by atoms with van der Waals surface area (Å²) in [6.45, 7) is 1.99. The quantitative estimate of drug-likeness (QED) is 0.424. The van der Waals surface area contributed by atoms with Gasteiger partial charge in [0.05, 0.1) is 25.6 Å². The van der Waals surface area contributed by atoms with Crippen molar-refractivity contribution in [1.29, 1.82) is 0 Å². The molecule has 0 N–H and O–H groups in total. The van der Waals surface area contributed by atoms with Gasteiger partial charge in [-0.3, -0.25) is 4.79 Å². The second kappa shape index (κ2) is 8.25. The molecule has 0 radical (unpaired) electrons. The van der Waals surface area contributed by atoms with Crippen LogP contribution in [0.25, 0.3) is 16.9 Å². The van der Waals surface area contributed by atoms with Gasteiger partial charge in [-0.25, -0.2) is 4.68 Å². The molecular weight excluding hydrogens is 376 g/mol. The maximum atomic E-state index is 13.1. The van der Waals surface area contributed by atoms with Crippen LogP contribution in [0.15, 0.2) is 78.9 Å². The predicted octanol–water partition coefficient (Wildman–Crippen LogP) is 5.10. The second-order valence-corrected chi connectivity index (χ2v) is 6.95. The van der Waals surface area contributed by atoms with Gasteiger partial charge in [-0.15, -0.1) is 0 Å². The molecule has 5 heteroatoms. The molecule has 0 fully saturated rings. The van der Waals surface area contributed by atoms with Crippen molar-refractivity contribution in [3.63, 3.8) is 0 Å². The molecular formula is C25H22N2O3. The molecule has 3 aromatic carbocycles. The summed E-state index contributed by atoms with van der Waals surface area (Å²) < 4.78 is 12.3. The lowest BCUT2D eigenvalue weighted by Crippen LogP contribution is -2.04. The van der Waals surface area contributed by atoms with Gasteiger partial charge >= 0.3 is 0 Å². The van der Waals surface area contributed by atoms with Crippen LogP contribution < -0.4 is 9.47 Å². The lowest BCUT2D eigenvalue weighted by Gasteiger charge is -2.09. The van der Waals surface area contributed by atoms with Crippen LogP contribution in [-0.2, 0) is 0 Å². The van der Waals surface area contributed by atoms with Gasteiger partial charge in [0.15, 0.2) is 0 Å². The predicted molar refractivity (Wildman–Crippen MR) is 117 cm³/mol. The number of aryl methyl sites for hydroxylation is 1. The molecule has 30 heavy (non-hydrogen) atoms. The number of ether oxygens (including phenoxy) is 2. The van der Waals surface area contributed by atoms with E-state index in [0.29, 0.717) is 11.3 Å². The van der Waals surface area contributed by atoms with Crippen LogP contribution in [0.3, 0.4) is 0 Å². The third-order valence-electron chi connectivity index (χ3n) is 4.96. The molecule has 0 aliphatic rings. The molecule has 150 valence electrons. The first-order valence-electron chi connectivity index (χ1n) is 9.59. The standard InChI is InChI=1S/C25H22N2O3/c1-17-4-6-19(7-5-17)25(28)23-16-24(18-8-12-21(29-2)13-9-18)27(26-23)20-10-14-22(30-3)15-11-20/h4-16H,1-3H3. The Bertz CT molecular complexity index is 1090. The highest BCUT2D eigenvalue weighted by Gasteiger charge is 2.18. The van der Waals surface area contributed by atoms with Crippen molar-refractivity contribution in [2.24, 2.45) is 0 Å². The lowest BCUT2D eigenvalue weighted by molar-refractivity contribution is 0.103. The van der Waals surface area contributed by atoms with Gasteiger partial charge in [0.25, 0.3) is 0 Å². The number of rotatable bonds is 6. The SMILES string of the molecule is COc1ccc(-c2cc(C(=O)c3ccc(C)cc3)nn2-c2ccc(OC)cc2)cc1. The van der Waals surface area contributed by atoms with Crippen molar-refractivity contribution in [3.8, 4) is 28.4 Å². The van der Waals surface area contributed by atoms with Crippen molar-refractivity contribution in [2.75, 3.05) is 14.2 Å². The molecule has 0 saturated carbocycles. The average Bonchev–Trinajstić information content (AvgIpc) is 3.24. The van der Waals surface area contributed by atoms with E-state index in [1.807, 2.05) is 85.8 Å². The van der Waals surface area contributed by atoms with Gasteiger partial charge in [0.1, 0.15) is 17.2 Å². The molecule has 1 aromatic heterocycles. The number of methoxy groups -OCH3 is 2. The van der Waals surface area contributed by atoms with Crippen molar-refractivity contribution in [1.82, 2.24) is 9.78 Å². The van der Waals surface area contributed by atoms with Crippen LogP contribution in [0.5, 0.6) is 11.5 Å². The summed E-state index contributed by atoms with van der Waals surface area (Å²) in [6.07, 6.45) is 0. The summed E-state index contributed by atoms with van der Waals surface area (Å²) in [6, 6.07) is 24.6. The van der Waals surface area contributed by atoms with Crippen LogP contribution in [0.1, 0.15) is 21.6 Å². The monoisotopic (exact) mass is 398 g/mol. The Labute approximate surface area is 175 Å². The normalized spacial score (nSPS) is 10.6. The summed E-state index contributed by atoms with van der Waals surface area (Å²) in [5.41, 5.74) is 4.70. The van der Waals surface area contributed by atoms with Crippen LogP contribution in [-0.4, -0.2) is 29.8 Å². The average molecular weight is 398 g/mol. The zero-order valence-electron chi connectivity index (χ0n) is 17.1. The van der Waals surface area contributed by atoms with Gasteiger partial charge in [-0.1, -0.05) is 29.8 Å². The first-order valence-corrected chi connectivity index (χ1v) is 9.59. The van der Waals surface area contributed by atoms with Crippen LogP contribution in [0.4, 0.5) is 0 Å². The number of aromatic nitrogens is 2. The molecule has 0 bridgehead atoms. The van der Waals surface area contributed by atoms with Crippen molar-refractivity contribution < 1.29 is 14.3 Å². The highest BCUT2D eigenvalue weighted by molar-refractivity contribution is 6.08. The first kappa shape index (κ1) is 19.5. The first-order chi connectivity index (χ1) is 14.6. The molecule has 0 unspecified atom stereocenters. The van der Waals surface area contributed by atoms with Gasteiger partial charge in [-0.2, -0.15) is 5.10 Å². The zero-order chi connectivity index (χ0) is 21.1. The topological polar surface area (TPSA) is 53.3 Å². The molecule has 0 aliphatic carbocycles. The van der Waals surface area contributed by atoms with Gasteiger partial charge in [0.2, 0.25) is 5.78 Å². The number of hydrogen-bond acceptors (Lipinski definition) is 4. The fourth-order valence-electron chi connectivity index (χ4n) is 3.23. The Kier molecular flexibility index (Phi) is 5.35. The number of carbonyl (C=O) groups excluding carboxylic acids is 1. The highest BCUT2D eigenvalue weighted by atomic mass is 16.5. The van der Waals surface area contributed by atoms with Crippen molar-refractivity contribution in [3.05, 3.63) is 95.7 Å². The number of carbonyl (C=O) groups is 1. The minimum absolute atomic E-state index is 0.114. The van der Waals surface area contributed by atoms with E-state index in [1.165, 1.54) is 0 Å². The maximum absolute atomic E-state index is 13.1. The number of nitrogens with zero attached hydrogens (tertiary/aromatic N) is 2. The zero-order valence-corrected chi connectivity index (χ0v) is 17.1. The van der Waals surface area contributed by atoms with E-state index < -0.39 is 0 Å². The third-order valence-corrected chi connectivity index (χ3v) is 4.96. The van der Waals surface area contributed by atoms with E-state index in [9.17, 15) is 4.79 Å². The van der Waals surface area contributed by atoms with E-state index in [1.54, 1.807) is 18.9 Å². The fourth-order valence-corrected chi connectivity index (χ4v) is 3.23. The molecule has 0 atom stereocenters. The smallest absolute Gasteiger partial charge is 0.213 e. The summed E-state index contributed by atoms with van der Waals surface area (Å²) in [5.74, 6) is 1.41. The Morgan fingerprint density at radius 3 is 1.93 bits per heavy atom. The van der Waals surface area contributed by atoms with Crippen LogP contribution in [0.2, 0.25) is 0 Å². The van der Waals surface area contributed by atoms with Crippen LogP contribution >= 0.6 is 0 Å². The van der Waals surface area contributed by atoms with E-state index >= 15 is 0 Å². The van der Waals surface area contributed by atoms with Crippen molar-refractivity contribution >= 4 is 5.78 Å². The Morgan fingerprint density at radius 1 is 0.800 bits per heavy atom. The van der Waals surface area contributed by atoms with Gasteiger partial charge in [0, 0.05) is 11.1 Å².